The molecule has 0 radical (unpaired) electrons. The van der Waals surface area contributed by atoms with Gasteiger partial charge in [0.2, 0.25) is 0 Å². The number of nitrogens with zero attached hydrogens (tertiary/aromatic N) is 5. The smallest absolute Gasteiger partial charge is 0.254 e. The number of nitrogens with two attached hydrogens (primary N) is 1. The van der Waals surface area contributed by atoms with E-state index in [0.717, 1.165) is 5.69 Å². The predicted molar refractivity (Wildman–Crippen MR) is 74.2 cm³/mol. The number of aryl methyl sites for hydroxylation is 1. The molecule has 0 fully saturated rings. The van der Waals surface area contributed by atoms with Crippen LogP contribution in [-0.4, -0.2) is 25.5 Å². The molecule has 3 rings (SSSR count). The zero-order valence-corrected chi connectivity index (χ0v) is 11.1. The van der Waals surface area contributed by atoms with Gasteiger partial charge in [-0.15, -0.1) is 0 Å². The Kier molecular flexibility index (Phi) is 2.84. The van der Waals surface area contributed by atoms with Gasteiger partial charge in [0.05, 0.1) is 17.5 Å². The van der Waals surface area contributed by atoms with Crippen LogP contribution in [0.25, 0.3) is 16.9 Å². The fourth-order valence-corrected chi connectivity index (χ4v) is 2.08. The zero-order chi connectivity index (χ0) is 15.0. The summed E-state index contributed by atoms with van der Waals surface area (Å²) in [6, 6.07) is 5.53. The summed E-state index contributed by atoms with van der Waals surface area (Å²) in [5.74, 6) is -0.585. The molecule has 3 aromatic rings. The molecule has 102 valence electrons. The van der Waals surface area contributed by atoms with E-state index in [2.05, 4.69) is 15.1 Å². The molecule has 21 heavy (non-hydrogen) atoms. The Bertz CT molecular complexity index is 905. The van der Waals surface area contributed by atoms with Gasteiger partial charge < -0.3 is 5.73 Å². The van der Waals surface area contributed by atoms with Gasteiger partial charge in [0.25, 0.3) is 5.91 Å². The van der Waals surface area contributed by atoms with Crippen LogP contribution in [0.5, 0.6) is 0 Å². The van der Waals surface area contributed by atoms with Gasteiger partial charge in [0, 0.05) is 23.7 Å². The Morgan fingerprint density at radius 1 is 1.33 bits per heavy atom. The fourth-order valence-electron chi connectivity index (χ4n) is 2.08. The van der Waals surface area contributed by atoms with Crippen LogP contribution in [0.4, 0.5) is 0 Å². The zero-order valence-electron chi connectivity index (χ0n) is 11.1. The Morgan fingerprint density at radius 3 is 2.86 bits per heavy atom. The van der Waals surface area contributed by atoms with Crippen molar-refractivity contribution in [2.24, 2.45) is 5.73 Å². The Balaban J connectivity index is 2.26. The molecular weight excluding hydrogens is 268 g/mol. The molecule has 2 N–H and O–H groups in total. The van der Waals surface area contributed by atoms with E-state index in [-0.39, 0.29) is 5.56 Å². The maximum atomic E-state index is 11.4. The van der Waals surface area contributed by atoms with Crippen molar-refractivity contribution >= 4 is 11.6 Å². The summed E-state index contributed by atoms with van der Waals surface area (Å²) >= 11 is 0. The number of hydrogen-bond acceptors (Lipinski definition) is 5. The number of pyridine rings is 1. The molecule has 0 spiro atoms. The molecule has 3 aromatic heterocycles. The number of aromatic nitrogens is 4. The van der Waals surface area contributed by atoms with Crippen molar-refractivity contribution in [3.8, 4) is 17.3 Å². The van der Waals surface area contributed by atoms with E-state index >= 15 is 0 Å². The van der Waals surface area contributed by atoms with Crippen LogP contribution in [0, 0.1) is 18.3 Å². The van der Waals surface area contributed by atoms with Gasteiger partial charge in [-0.3, -0.25) is 9.78 Å². The number of fused-ring (bicyclic) bond motifs is 1. The maximum Gasteiger partial charge on any atom is 0.254 e. The lowest BCUT2D eigenvalue weighted by molar-refractivity contribution is 0.100. The third kappa shape index (κ3) is 2.08. The summed E-state index contributed by atoms with van der Waals surface area (Å²) in [7, 11) is 0. The lowest BCUT2D eigenvalue weighted by atomic mass is 10.1. The van der Waals surface area contributed by atoms with Crippen LogP contribution >= 0.6 is 0 Å². The van der Waals surface area contributed by atoms with Gasteiger partial charge in [0.15, 0.2) is 5.65 Å². The Labute approximate surface area is 119 Å². The molecule has 0 bridgehead atoms. The summed E-state index contributed by atoms with van der Waals surface area (Å²) in [5, 5.41) is 13.0. The van der Waals surface area contributed by atoms with Crippen LogP contribution in [0.3, 0.4) is 0 Å². The highest BCUT2D eigenvalue weighted by molar-refractivity contribution is 5.98. The fraction of sp³-hybridized carbons (Fsp3) is 0.0714. The van der Waals surface area contributed by atoms with Crippen LogP contribution in [0.1, 0.15) is 21.6 Å². The third-order valence-corrected chi connectivity index (χ3v) is 3.08. The molecule has 0 aliphatic rings. The van der Waals surface area contributed by atoms with Crippen LogP contribution in [0.15, 0.2) is 30.7 Å². The number of carbonyl (C=O) groups excluding carboxylic acids is 1. The molecule has 7 heteroatoms. The molecule has 0 unspecified atom stereocenters. The van der Waals surface area contributed by atoms with Gasteiger partial charge >= 0.3 is 0 Å². The Hall–Kier alpha value is -3.27. The van der Waals surface area contributed by atoms with Crippen LogP contribution in [-0.2, 0) is 0 Å². The van der Waals surface area contributed by atoms with Crippen molar-refractivity contribution in [2.45, 2.75) is 6.92 Å². The van der Waals surface area contributed by atoms with E-state index in [9.17, 15) is 4.79 Å². The quantitative estimate of drug-likeness (QED) is 0.753. The average Bonchev–Trinajstić information content (AvgIpc) is 2.92. The number of nitriles is 1. The van der Waals surface area contributed by atoms with Crippen LogP contribution < -0.4 is 5.73 Å². The Morgan fingerprint density at radius 2 is 2.14 bits per heavy atom. The third-order valence-electron chi connectivity index (χ3n) is 3.08. The molecule has 0 aliphatic carbocycles. The lowest BCUT2D eigenvalue weighted by Gasteiger charge is -2.05. The maximum absolute atomic E-state index is 11.4. The molecule has 0 atom stereocenters. The normalized spacial score (nSPS) is 10.5. The number of rotatable bonds is 2. The molecule has 7 nitrogen and oxygen atoms in total. The van der Waals surface area contributed by atoms with Gasteiger partial charge in [-0.2, -0.15) is 10.4 Å². The van der Waals surface area contributed by atoms with E-state index in [1.54, 1.807) is 16.8 Å². The number of primary amides is 1. The second-order valence-corrected chi connectivity index (χ2v) is 4.51. The van der Waals surface area contributed by atoms with E-state index in [4.69, 9.17) is 11.0 Å². The topological polar surface area (TPSA) is 110 Å². The molecule has 0 saturated carbocycles. The standard InChI is InChI=1S/C14H10N6O/c1-8-2-12(10-3-9(4-15)5-17-6-10)19-14-11(13(16)21)7-18-20(8)14/h2-3,5-7H,1H3,(H2,16,21). The average molecular weight is 278 g/mol. The van der Waals surface area contributed by atoms with Crippen LogP contribution in [0.2, 0.25) is 0 Å². The van der Waals surface area contributed by atoms with Crippen molar-refractivity contribution in [1.82, 2.24) is 19.6 Å². The summed E-state index contributed by atoms with van der Waals surface area (Å²) in [6.45, 7) is 1.84. The largest absolute Gasteiger partial charge is 0.365 e. The summed E-state index contributed by atoms with van der Waals surface area (Å²) in [5.41, 5.74) is 8.50. The number of hydrogen-bond donors (Lipinski definition) is 1. The first kappa shape index (κ1) is 12.7. The first-order chi connectivity index (χ1) is 10.1. The van der Waals surface area contributed by atoms with E-state index < -0.39 is 5.91 Å². The lowest BCUT2D eigenvalue weighted by Crippen LogP contribution is -2.11. The highest BCUT2D eigenvalue weighted by atomic mass is 16.1. The highest BCUT2D eigenvalue weighted by Gasteiger charge is 2.14. The molecular formula is C14H10N6O. The SMILES string of the molecule is Cc1cc(-c2cncc(C#N)c2)nc2c(C(N)=O)cnn12. The summed E-state index contributed by atoms with van der Waals surface area (Å²) in [6.07, 6.45) is 4.48. The molecule has 0 aliphatic heterocycles. The van der Waals surface area contributed by atoms with E-state index in [0.29, 0.717) is 22.5 Å². The molecule has 0 aromatic carbocycles. The van der Waals surface area contributed by atoms with Gasteiger partial charge in [0.1, 0.15) is 11.6 Å². The van der Waals surface area contributed by atoms with E-state index in [1.807, 2.05) is 19.1 Å². The predicted octanol–water partition coefficient (Wildman–Crippen LogP) is 1.07. The minimum absolute atomic E-state index is 0.254. The van der Waals surface area contributed by atoms with Crippen molar-refractivity contribution < 1.29 is 4.79 Å². The number of amides is 1. The van der Waals surface area contributed by atoms with Gasteiger partial charge in [-0.1, -0.05) is 0 Å². The second-order valence-electron chi connectivity index (χ2n) is 4.51. The van der Waals surface area contributed by atoms with Gasteiger partial charge in [-0.25, -0.2) is 9.50 Å². The minimum Gasteiger partial charge on any atom is -0.365 e. The van der Waals surface area contributed by atoms with Crippen molar-refractivity contribution in [1.29, 1.82) is 5.26 Å². The van der Waals surface area contributed by atoms with Crippen molar-refractivity contribution in [3.63, 3.8) is 0 Å². The van der Waals surface area contributed by atoms with Crippen molar-refractivity contribution in [3.05, 3.63) is 47.5 Å². The molecule has 1 amide bonds. The van der Waals surface area contributed by atoms with Crippen molar-refractivity contribution in [2.75, 3.05) is 0 Å². The molecule has 0 saturated heterocycles. The molecule has 3 heterocycles. The highest BCUT2D eigenvalue weighted by Crippen LogP contribution is 2.21. The van der Waals surface area contributed by atoms with Gasteiger partial charge in [-0.05, 0) is 19.1 Å². The second kappa shape index (κ2) is 4.68. The monoisotopic (exact) mass is 278 g/mol. The first-order valence-electron chi connectivity index (χ1n) is 6.11. The van der Waals surface area contributed by atoms with E-state index in [1.165, 1.54) is 12.4 Å². The minimum atomic E-state index is -0.585. The summed E-state index contributed by atoms with van der Waals surface area (Å²) in [4.78, 5) is 19.8. The first-order valence-corrected chi connectivity index (χ1v) is 6.11. The number of carbonyl (C=O) groups is 1. The summed E-state index contributed by atoms with van der Waals surface area (Å²) < 4.78 is 1.55.